The lowest BCUT2D eigenvalue weighted by Gasteiger charge is -2.12. The standard InChI is InChI=1S/C11H15BrN2/c1-8-3-6-13-10(9(8)12)14-7-11(2)4-5-11/h3,6H,4-5,7H2,1-2H3,(H,13,14). The first kappa shape index (κ1) is 9.97. The fourth-order valence-corrected chi connectivity index (χ4v) is 1.73. The Hall–Kier alpha value is -0.570. The van der Waals surface area contributed by atoms with Gasteiger partial charge in [0, 0.05) is 12.7 Å². The fraction of sp³-hybridized carbons (Fsp3) is 0.545. The molecule has 3 heteroatoms. The van der Waals surface area contributed by atoms with E-state index in [1.807, 2.05) is 12.3 Å². The lowest BCUT2D eigenvalue weighted by Crippen LogP contribution is -2.13. The van der Waals surface area contributed by atoms with Gasteiger partial charge in [-0.25, -0.2) is 4.98 Å². The van der Waals surface area contributed by atoms with Crippen LogP contribution in [0.3, 0.4) is 0 Å². The maximum Gasteiger partial charge on any atom is 0.140 e. The maximum atomic E-state index is 4.31. The number of rotatable bonds is 3. The van der Waals surface area contributed by atoms with Gasteiger partial charge in [-0.05, 0) is 52.7 Å². The largest absolute Gasteiger partial charge is 0.369 e. The molecule has 1 N–H and O–H groups in total. The molecule has 1 fully saturated rings. The van der Waals surface area contributed by atoms with Crippen LogP contribution in [0.15, 0.2) is 16.7 Å². The van der Waals surface area contributed by atoms with E-state index in [9.17, 15) is 0 Å². The molecule has 0 aromatic carbocycles. The van der Waals surface area contributed by atoms with Gasteiger partial charge in [0.15, 0.2) is 0 Å². The second kappa shape index (κ2) is 3.54. The summed E-state index contributed by atoms with van der Waals surface area (Å²) < 4.78 is 1.09. The molecule has 0 bridgehead atoms. The molecule has 76 valence electrons. The zero-order valence-corrected chi connectivity index (χ0v) is 10.2. The van der Waals surface area contributed by atoms with Crippen LogP contribution in [0.1, 0.15) is 25.3 Å². The van der Waals surface area contributed by atoms with Gasteiger partial charge in [0.05, 0.1) is 4.47 Å². The van der Waals surface area contributed by atoms with E-state index in [1.54, 1.807) is 0 Å². The van der Waals surface area contributed by atoms with E-state index in [2.05, 4.69) is 40.1 Å². The van der Waals surface area contributed by atoms with E-state index in [0.29, 0.717) is 5.41 Å². The van der Waals surface area contributed by atoms with E-state index in [1.165, 1.54) is 18.4 Å². The summed E-state index contributed by atoms with van der Waals surface area (Å²) in [5.74, 6) is 0.970. The van der Waals surface area contributed by atoms with Crippen molar-refractivity contribution >= 4 is 21.7 Å². The Kier molecular flexibility index (Phi) is 2.52. The first-order valence-electron chi connectivity index (χ1n) is 4.96. The molecule has 0 spiro atoms. The summed E-state index contributed by atoms with van der Waals surface area (Å²) in [5.41, 5.74) is 1.74. The van der Waals surface area contributed by atoms with E-state index in [-0.39, 0.29) is 0 Å². The van der Waals surface area contributed by atoms with Crippen molar-refractivity contribution in [1.82, 2.24) is 4.98 Å². The summed E-state index contributed by atoms with van der Waals surface area (Å²) >= 11 is 3.54. The van der Waals surface area contributed by atoms with E-state index in [0.717, 1.165) is 16.8 Å². The highest BCUT2D eigenvalue weighted by molar-refractivity contribution is 9.10. The maximum absolute atomic E-state index is 4.31. The first-order valence-corrected chi connectivity index (χ1v) is 5.75. The highest BCUT2D eigenvalue weighted by Crippen LogP contribution is 2.44. The Balaban J connectivity index is 2.05. The van der Waals surface area contributed by atoms with Crippen molar-refractivity contribution in [3.8, 4) is 0 Å². The first-order chi connectivity index (χ1) is 6.61. The number of hydrogen-bond donors (Lipinski definition) is 1. The van der Waals surface area contributed by atoms with Gasteiger partial charge >= 0.3 is 0 Å². The van der Waals surface area contributed by atoms with Crippen molar-refractivity contribution in [2.75, 3.05) is 11.9 Å². The quantitative estimate of drug-likeness (QED) is 0.895. The monoisotopic (exact) mass is 254 g/mol. The fourth-order valence-electron chi connectivity index (χ4n) is 1.35. The summed E-state index contributed by atoms with van der Waals surface area (Å²) in [6.07, 6.45) is 4.52. The summed E-state index contributed by atoms with van der Waals surface area (Å²) in [5, 5.41) is 3.40. The van der Waals surface area contributed by atoms with Crippen molar-refractivity contribution in [2.45, 2.75) is 26.7 Å². The van der Waals surface area contributed by atoms with Gasteiger partial charge in [0.2, 0.25) is 0 Å². The zero-order valence-electron chi connectivity index (χ0n) is 8.60. The van der Waals surface area contributed by atoms with Crippen molar-refractivity contribution in [3.05, 3.63) is 22.3 Å². The van der Waals surface area contributed by atoms with E-state index < -0.39 is 0 Å². The summed E-state index contributed by atoms with van der Waals surface area (Å²) in [4.78, 5) is 4.31. The van der Waals surface area contributed by atoms with Gasteiger partial charge in [-0.15, -0.1) is 0 Å². The number of anilines is 1. The minimum Gasteiger partial charge on any atom is -0.369 e. The van der Waals surface area contributed by atoms with E-state index in [4.69, 9.17) is 0 Å². The molecular formula is C11H15BrN2. The van der Waals surface area contributed by atoms with Crippen molar-refractivity contribution in [2.24, 2.45) is 5.41 Å². The molecule has 0 aliphatic heterocycles. The molecule has 0 saturated heterocycles. The molecule has 1 aliphatic carbocycles. The number of nitrogens with zero attached hydrogens (tertiary/aromatic N) is 1. The molecule has 1 saturated carbocycles. The van der Waals surface area contributed by atoms with E-state index >= 15 is 0 Å². The summed E-state index contributed by atoms with van der Waals surface area (Å²) in [6, 6.07) is 2.01. The molecule has 1 heterocycles. The van der Waals surface area contributed by atoms with Crippen LogP contribution in [0.5, 0.6) is 0 Å². The second-order valence-electron chi connectivity index (χ2n) is 4.45. The number of halogens is 1. The van der Waals surface area contributed by atoms with Crippen molar-refractivity contribution < 1.29 is 0 Å². The van der Waals surface area contributed by atoms with Crippen molar-refractivity contribution in [3.63, 3.8) is 0 Å². The highest BCUT2D eigenvalue weighted by atomic mass is 79.9. The molecule has 0 unspecified atom stereocenters. The average Bonchev–Trinajstić information content (AvgIpc) is 2.88. The van der Waals surface area contributed by atoms with Crippen LogP contribution in [-0.2, 0) is 0 Å². The minimum absolute atomic E-state index is 0.519. The molecule has 0 radical (unpaired) electrons. The van der Waals surface area contributed by atoms with Crippen LogP contribution in [0.2, 0.25) is 0 Å². The predicted octanol–water partition coefficient (Wildman–Crippen LogP) is 3.36. The van der Waals surface area contributed by atoms with Crippen molar-refractivity contribution in [1.29, 1.82) is 0 Å². The van der Waals surface area contributed by atoms with Gasteiger partial charge in [0.25, 0.3) is 0 Å². The van der Waals surface area contributed by atoms with Gasteiger partial charge in [-0.1, -0.05) is 6.92 Å². The van der Waals surface area contributed by atoms with Gasteiger partial charge in [-0.2, -0.15) is 0 Å². The SMILES string of the molecule is Cc1ccnc(NCC2(C)CC2)c1Br. The Morgan fingerprint density at radius 3 is 2.93 bits per heavy atom. The molecule has 0 atom stereocenters. The van der Waals surface area contributed by atoms with Crippen LogP contribution >= 0.6 is 15.9 Å². The second-order valence-corrected chi connectivity index (χ2v) is 5.25. The number of pyridine rings is 1. The normalized spacial score (nSPS) is 17.9. The minimum atomic E-state index is 0.519. The summed E-state index contributed by atoms with van der Waals surface area (Å²) in [7, 11) is 0. The molecule has 1 aliphatic rings. The van der Waals surface area contributed by atoms with Crippen LogP contribution in [0, 0.1) is 12.3 Å². The molecular weight excluding hydrogens is 240 g/mol. The van der Waals surface area contributed by atoms with Crippen LogP contribution in [0.25, 0.3) is 0 Å². The third-order valence-electron chi connectivity index (χ3n) is 2.87. The molecule has 1 aromatic rings. The average molecular weight is 255 g/mol. The Morgan fingerprint density at radius 2 is 2.29 bits per heavy atom. The molecule has 2 rings (SSSR count). The Labute approximate surface area is 93.3 Å². The zero-order chi connectivity index (χ0) is 10.2. The third-order valence-corrected chi connectivity index (χ3v) is 3.87. The van der Waals surface area contributed by atoms with Crippen LogP contribution in [-0.4, -0.2) is 11.5 Å². The Bertz CT molecular complexity index is 345. The van der Waals surface area contributed by atoms with Gasteiger partial charge in [0.1, 0.15) is 5.82 Å². The lowest BCUT2D eigenvalue weighted by atomic mass is 10.1. The van der Waals surface area contributed by atoms with Gasteiger partial charge in [-0.3, -0.25) is 0 Å². The number of aryl methyl sites for hydroxylation is 1. The topological polar surface area (TPSA) is 24.9 Å². The molecule has 14 heavy (non-hydrogen) atoms. The molecule has 2 nitrogen and oxygen atoms in total. The number of hydrogen-bond acceptors (Lipinski definition) is 2. The van der Waals surface area contributed by atoms with Crippen LogP contribution < -0.4 is 5.32 Å². The molecule has 0 amide bonds. The van der Waals surface area contributed by atoms with Gasteiger partial charge < -0.3 is 5.32 Å². The number of nitrogens with one attached hydrogen (secondary N) is 1. The summed E-state index contributed by atoms with van der Waals surface area (Å²) in [6.45, 7) is 5.42. The lowest BCUT2D eigenvalue weighted by molar-refractivity contribution is 0.609. The van der Waals surface area contributed by atoms with Crippen LogP contribution in [0.4, 0.5) is 5.82 Å². The highest BCUT2D eigenvalue weighted by Gasteiger charge is 2.36. The Morgan fingerprint density at radius 1 is 1.57 bits per heavy atom. The predicted molar refractivity (Wildman–Crippen MR) is 62.5 cm³/mol. The number of aromatic nitrogens is 1. The smallest absolute Gasteiger partial charge is 0.140 e. The third kappa shape index (κ3) is 2.08. The molecule has 1 aromatic heterocycles.